The van der Waals surface area contributed by atoms with Gasteiger partial charge in [0, 0.05) is 57.2 Å². The molecular formula is C20H23F2N3O3. The lowest BCUT2D eigenvalue weighted by atomic mass is 10.1. The van der Waals surface area contributed by atoms with Crippen molar-refractivity contribution in [1.29, 1.82) is 0 Å². The van der Waals surface area contributed by atoms with E-state index in [1.807, 2.05) is 11.8 Å². The number of anilines is 1. The molecule has 0 aliphatic carbocycles. The van der Waals surface area contributed by atoms with Crippen LogP contribution in [-0.4, -0.2) is 47.3 Å². The molecule has 0 saturated carbocycles. The number of aromatic nitrogens is 1. The average Bonchev–Trinajstić information content (AvgIpc) is 2.96. The number of halogens is 2. The van der Waals surface area contributed by atoms with Crippen LogP contribution in [0.1, 0.15) is 41.9 Å². The lowest BCUT2D eigenvalue weighted by Crippen LogP contribution is -2.53. The fourth-order valence-corrected chi connectivity index (χ4v) is 3.56. The summed E-state index contributed by atoms with van der Waals surface area (Å²) in [5.74, 6) is -0.714. The van der Waals surface area contributed by atoms with Crippen LogP contribution in [0.5, 0.6) is 0 Å². The highest BCUT2D eigenvalue weighted by Crippen LogP contribution is 2.23. The van der Waals surface area contributed by atoms with E-state index < -0.39 is 11.6 Å². The second-order valence-electron chi connectivity index (χ2n) is 7.07. The summed E-state index contributed by atoms with van der Waals surface area (Å²) in [4.78, 5) is 32.4. The Bertz CT molecular complexity index is 877. The lowest BCUT2D eigenvalue weighted by molar-refractivity contribution is -0.131. The molecule has 1 aliphatic heterocycles. The minimum absolute atomic E-state index is 0.0648. The van der Waals surface area contributed by atoms with Gasteiger partial charge in [-0.25, -0.2) is 13.8 Å². The van der Waals surface area contributed by atoms with Gasteiger partial charge in [0.15, 0.2) is 11.7 Å². The monoisotopic (exact) mass is 391 g/mol. The molecule has 150 valence electrons. The van der Waals surface area contributed by atoms with Crippen molar-refractivity contribution in [3.8, 4) is 0 Å². The number of aryl methyl sites for hydroxylation is 2. The molecule has 8 heteroatoms. The van der Waals surface area contributed by atoms with Crippen LogP contribution in [0.25, 0.3) is 0 Å². The minimum atomic E-state index is -0.627. The molecule has 1 aromatic heterocycles. The largest absolute Gasteiger partial charge is 0.446 e. The third kappa shape index (κ3) is 4.37. The van der Waals surface area contributed by atoms with Crippen molar-refractivity contribution in [3.63, 3.8) is 0 Å². The van der Waals surface area contributed by atoms with Crippen molar-refractivity contribution in [3.05, 3.63) is 47.2 Å². The first kappa shape index (κ1) is 20.0. The summed E-state index contributed by atoms with van der Waals surface area (Å²) < 4.78 is 32.2. The van der Waals surface area contributed by atoms with Crippen LogP contribution >= 0.6 is 0 Å². The Labute approximate surface area is 162 Å². The van der Waals surface area contributed by atoms with E-state index in [2.05, 4.69) is 4.98 Å². The van der Waals surface area contributed by atoms with E-state index in [0.717, 1.165) is 6.07 Å². The van der Waals surface area contributed by atoms with Gasteiger partial charge in [-0.3, -0.25) is 9.59 Å². The summed E-state index contributed by atoms with van der Waals surface area (Å²) in [5, 5.41) is 0. The molecule has 2 heterocycles. The molecule has 0 N–H and O–H groups in total. The van der Waals surface area contributed by atoms with E-state index in [0.29, 0.717) is 37.0 Å². The zero-order chi connectivity index (χ0) is 20.4. The summed E-state index contributed by atoms with van der Waals surface area (Å²) in [6.45, 7) is 6.55. The first-order valence-electron chi connectivity index (χ1n) is 9.22. The molecule has 3 rings (SSSR count). The highest BCUT2D eigenvalue weighted by molar-refractivity contribution is 5.97. The number of ketones is 1. The van der Waals surface area contributed by atoms with E-state index in [-0.39, 0.29) is 36.3 Å². The van der Waals surface area contributed by atoms with Crippen LogP contribution in [0.3, 0.4) is 0 Å². The number of hydrogen-bond donors (Lipinski definition) is 0. The summed E-state index contributed by atoms with van der Waals surface area (Å²) in [7, 11) is 0. The summed E-state index contributed by atoms with van der Waals surface area (Å²) in [6, 6.07) is 3.31. The van der Waals surface area contributed by atoms with E-state index in [4.69, 9.17) is 4.42 Å². The van der Waals surface area contributed by atoms with Gasteiger partial charge in [-0.05, 0) is 26.0 Å². The number of benzene rings is 1. The fraction of sp³-hybridized carbons (Fsp3) is 0.450. The first-order chi connectivity index (χ1) is 13.2. The molecule has 28 heavy (non-hydrogen) atoms. The van der Waals surface area contributed by atoms with Crippen molar-refractivity contribution in [1.82, 2.24) is 9.88 Å². The number of rotatable bonds is 5. The van der Waals surface area contributed by atoms with Gasteiger partial charge in [-0.15, -0.1) is 0 Å². The third-order valence-corrected chi connectivity index (χ3v) is 4.89. The minimum Gasteiger partial charge on any atom is -0.446 e. The molecule has 0 unspecified atom stereocenters. The Morgan fingerprint density at radius 3 is 2.39 bits per heavy atom. The number of carbonyl (C=O) groups excluding carboxylic acids is 2. The molecule has 6 nitrogen and oxygen atoms in total. The molecule has 1 aromatic carbocycles. The first-order valence-corrected chi connectivity index (χ1v) is 9.22. The van der Waals surface area contributed by atoms with Crippen LogP contribution < -0.4 is 4.90 Å². The zero-order valence-corrected chi connectivity index (χ0v) is 16.2. The van der Waals surface area contributed by atoms with Crippen LogP contribution in [0.4, 0.5) is 14.5 Å². The number of Topliss-reactive ketones (excluding diaryl/α,β-unsaturated/α-hetero) is 1. The lowest BCUT2D eigenvalue weighted by Gasteiger charge is -2.41. The van der Waals surface area contributed by atoms with E-state index in [9.17, 15) is 18.4 Å². The van der Waals surface area contributed by atoms with Gasteiger partial charge in [0.05, 0.1) is 0 Å². The normalized spacial score (nSPS) is 17.1. The maximum Gasteiger partial charge on any atom is 0.223 e. The van der Waals surface area contributed by atoms with Crippen LogP contribution in [0.2, 0.25) is 0 Å². The van der Waals surface area contributed by atoms with Crippen molar-refractivity contribution in [2.75, 3.05) is 24.5 Å². The Balaban J connectivity index is 1.56. The molecule has 1 saturated heterocycles. The Hall–Kier alpha value is -2.77. The number of oxazole rings is 1. The fourth-order valence-electron chi connectivity index (χ4n) is 3.56. The van der Waals surface area contributed by atoms with E-state index >= 15 is 0 Å². The summed E-state index contributed by atoms with van der Waals surface area (Å²) in [5.41, 5.74) is 0.737. The van der Waals surface area contributed by atoms with Gasteiger partial charge in [0.2, 0.25) is 5.91 Å². The van der Waals surface area contributed by atoms with Gasteiger partial charge in [0.1, 0.15) is 23.1 Å². The Morgan fingerprint density at radius 2 is 1.82 bits per heavy atom. The number of hydrogen-bond acceptors (Lipinski definition) is 5. The number of nitrogens with zero attached hydrogens (tertiary/aromatic N) is 3. The molecule has 0 bridgehead atoms. The predicted octanol–water partition coefficient (Wildman–Crippen LogP) is 3.27. The van der Waals surface area contributed by atoms with Crippen molar-refractivity contribution in [2.24, 2.45) is 0 Å². The molecule has 1 fully saturated rings. The van der Waals surface area contributed by atoms with Crippen LogP contribution in [0, 0.1) is 25.5 Å². The van der Waals surface area contributed by atoms with E-state index in [1.165, 1.54) is 12.1 Å². The smallest absolute Gasteiger partial charge is 0.223 e. The van der Waals surface area contributed by atoms with Gasteiger partial charge >= 0.3 is 0 Å². The topological polar surface area (TPSA) is 66.7 Å². The Kier molecular flexibility index (Phi) is 5.76. The van der Waals surface area contributed by atoms with Crippen LogP contribution in [-0.2, 0) is 4.79 Å². The van der Waals surface area contributed by atoms with Crippen LogP contribution in [0.15, 0.2) is 22.6 Å². The average molecular weight is 391 g/mol. The zero-order valence-electron chi connectivity index (χ0n) is 16.2. The highest BCUT2D eigenvalue weighted by Gasteiger charge is 2.28. The molecule has 1 atom stereocenters. The summed E-state index contributed by atoms with van der Waals surface area (Å²) >= 11 is 0. The second-order valence-corrected chi connectivity index (χ2v) is 7.07. The van der Waals surface area contributed by atoms with Crippen molar-refractivity contribution in [2.45, 2.75) is 39.7 Å². The van der Waals surface area contributed by atoms with Crippen molar-refractivity contribution < 1.29 is 22.8 Å². The van der Waals surface area contributed by atoms with Gasteiger partial charge in [-0.1, -0.05) is 0 Å². The molecule has 0 spiro atoms. The number of piperazine rings is 1. The second kappa shape index (κ2) is 8.08. The van der Waals surface area contributed by atoms with Gasteiger partial charge < -0.3 is 14.2 Å². The molecular weight excluding hydrogens is 368 g/mol. The van der Waals surface area contributed by atoms with Crippen molar-refractivity contribution >= 4 is 17.4 Å². The standard InChI is InChI=1S/C20H23F2N3O3/c1-12-11-24(6-7-25(12)17-9-15(21)8-16(22)10-17)19(27)5-4-18(26)20-13(2)28-14(3)23-20/h8-10,12H,4-7,11H2,1-3H3/t12-/m0/s1. The number of carbonyl (C=O) groups is 2. The highest BCUT2D eigenvalue weighted by atomic mass is 19.1. The Morgan fingerprint density at radius 1 is 1.14 bits per heavy atom. The SMILES string of the molecule is Cc1nc(C(=O)CCC(=O)N2CCN(c3cc(F)cc(F)c3)[C@@H](C)C2)c(C)o1. The maximum absolute atomic E-state index is 13.5. The quantitative estimate of drug-likeness (QED) is 0.732. The van der Waals surface area contributed by atoms with Gasteiger partial charge in [-0.2, -0.15) is 0 Å². The maximum atomic E-state index is 13.5. The summed E-state index contributed by atoms with van der Waals surface area (Å²) in [6.07, 6.45) is 0.154. The van der Waals surface area contributed by atoms with E-state index in [1.54, 1.807) is 18.7 Å². The molecule has 1 amide bonds. The number of amides is 1. The molecule has 0 radical (unpaired) electrons. The van der Waals surface area contributed by atoms with Gasteiger partial charge in [0.25, 0.3) is 0 Å². The predicted molar refractivity (Wildman–Crippen MR) is 99.3 cm³/mol. The molecule has 2 aromatic rings. The molecule has 1 aliphatic rings. The third-order valence-electron chi connectivity index (χ3n) is 4.89.